The maximum Gasteiger partial charge on any atom is 0.305 e. The van der Waals surface area contributed by atoms with Gasteiger partial charge in [0.2, 0.25) is 0 Å². The van der Waals surface area contributed by atoms with Crippen LogP contribution in [0.15, 0.2) is 24.3 Å². The standard InChI is InChI=1S/C15H23NO2/c1-3-12-7-5-6-8-13(12)11-14(16)9-10-15(17)18-4-2/h5-8,14H,3-4,9-11,16H2,1-2H3. The largest absolute Gasteiger partial charge is 0.466 e. The Hall–Kier alpha value is -1.35. The summed E-state index contributed by atoms with van der Waals surface area (Å²) in [5.41, 5.74) is 8.69. The van der Waals surface area contributed by atoms with E-state index >= 15 is 0 Å². The van der Waals surface area contributed by atoms with Gasteiger partial charge in [0, 0.05) is 12.5 Å². The van der Waals surface area contributed by atoms with E-state index in [4.69, 9.17) is 10.5 Å². The topological polar surface area (TPSA) is 52.3 Å². The molecule has 1 aromatic rings. The van der Waals surface area contributed by atoms with Gasteiger partial charge in [0.15, 0.2) is 0 Å². The second-order valence-electron chi connectivity index (χ2n) is 4.43. The number of carbonyl (C=O) groups is 1. The molecule has 0 bridgehead atoms. The van der Waals surface area contributed by atoms with Crippen molar-refractivity contribution in [2.24, 2.45) is 5.73 Å². The Labute approximate surface area is 109 Å². The van der Waals surface area contributed by atoms with Crippen LogP contribution in [0.4, 0.5) is 0 Å². The predicted octanol–water partition coefficient (Wildman–Crippen LogP) is 2.46. The molecule has 0 spiro atoms. The third kappa shape index (κ3) is 4.88. The number of hydrogen-bond acceptors (Lipinski definition) is 3. The fourth-order valence-electron chi connectivity index (χ4n) is 2.02. The molecule has 1 atom stereocenters. The summed E-state index contributed by atoms with van der Waals surface area (Å²) in [5, 5.41) is 0. The van der Waals surface area contributed by atoms with E-state index in [1.165, 1.54) is 11.1 Å². The van der Waals surface area contributed by atoms with Crippen molar-refractivity contribution < 1.29 is 9.53 Å². The quantitative estimate of drug-likeness (QED) is 0.755. The Morgan fingerprint density at radius 1 is 1.28 bits per heavy atom. The zero-order chi connectivity index (χ0) is 13.4. The molecule has 0 fully saturated rings. The number of hydrogen-bond donors (Lipinski definition) is 1. The molecule has 0 radical (unpaired) electrons. The summed E-state index contributed by atoms with van der Waals surface area (Å²) in [6.45, 7) is 4.39. The van der Waals surface area contributed by atoms with E-state index in [-0.39, 0.29) is 12.0 Å². The number of benzene rings is 1. The first-order valence-electron chi connectivity index (χ1n) is 6.65. The van der Waals surface area contributed by atoms with E-state index in [1.807, 2.05) is 19.1 Å². The molecule has 0 amide bonds. The van der Waals surface area contributed by atoms with Gasteiger partial charge in [0.25, 0.3) is 0 Å². The highest BCUT2D eigenvalue weighted by atomic mass is 16.5. The molecular formula is C15H23NO2. The van der Waals surface area contributed by atoms with Crippen LogP contribution in [-0.2, 0) is 22.4 Å². The number of rotatable bonds is 7. The first-order valence-corrected chi connectivity index (χ1v) is 6.65. The van der Waals surface area contributed by atoms with E-state index in [9.17, 15) is 4.79 Å². The lowest BCUT2D eigenvalue weighted by Crippen LogP contribution is -2.24. The molecule has 0 heterocycles. The molecule has 0 saturated heterocycles. The fraction of sp³-hybridized carbons (Fsp3) is 0.533. The number of aryl methyl sites for hydroxylation is 1. The van der Waals surface area contributed by atoms with Crippen LogP contribution in [0.5, 0.6) is 0 Å². The van der Waals surface area contributed by atoms with Crippen molar-refractivity contribution in [3.63, 3.8) is 0 Å². The Kier molecular flexibility index (Phi) is 6.44. The van der Waals surface area contributed by atoms with E-state index in [2.05, 4.69) is 19.1 Å². The van der Waals surface area contributed by atoms with Gasteiger partial charge < -0.3 is 10.5 Å². The van der Waals surface area contributed by atoms with E-state index in [0.717, 1.165) is 12.8 Å². The average molecular weight is 249 g/mol. The minimum absolute atomic E-state index is 0.0158. The molecule has 1 rings (SSSR count). The Morgan fingerprint density at radius 3 is 2.56 bits per heavy atom. The maximum atomic E-state index is 11.2. The zero-order valence-electron chi connectivity index (χ0n) is 11.3. The third-order valence-electron chi connectivity index (χ3n) is 3.01. The van der Waals surface area contributed by atoms with Gasteiger partial charge in [0.1, 0.15) is 0 Å². The van der Waals surface area contributed by atoms with Crippen molar-refractivity contribution >= 4 is 5.97 Å². The molecule has 0 aliphatic carbocycles. The minimum atomic E-state index is -0.156. The Bertz CT molecular complexity index is 377. The molecule has 2 N–H and O–H groups in total. The van der Waals surface area contributed by atoms with Crippen LogP contribution < -0.4 is 5.73 Å². The van der Waals surface area contributed by atoms with Gasteiger partial charge >= 0.3 is 5.97 Å². The summed E-state index contributed by atoms with van der Waals surface area (Å²) in [4.78, 5) is 11.2. The van der Waals surface area contributed by atoms with Gasteiger partial charge in [-0.1, -0.05) is 31.2 Å². The molecule has 1 aromatic carbocycles. The van der Waals surface area contributed by atoms with Crippen LogP contribution >= 0.6 is 0 Å². The lowest BCUT2D eigenvalue weighted by molar-refractivity contribution is -0.143. The number of esters is 1. The first-order chi connectivity index (χ1) is 8.67. The molecule has 0 aliphatic rings. The fourth-order valence-corrected chi connectivity index (χ4v) is 2.02. The van der Waals surface area contributed by atoms with Crippen molar-refractivity contribution in [1.29, 1.82) is 0 Å². The molecule has 1 unspecified atom stereocenters. The van der Waals surface area contributed by atoms with Gasteiger partial charge in [-0.25, -0.2) is 0 Å². The summed E-state index contributed by atoms with van der Waals surface area (Å²) in [5.74, 6) is -0.156. The number of nitrogens with two attached hydrogens (primary N) is 1. The molecule has 3 heteroatoms. The molecule has 3 nitrogen and oxygen atoms in total. The van der Waals surface area contributed by atoms with Crippen molar-refractivity contribution in [2.75, 3.05) is 6.61 Å². The highest BCUT2D eigenvalue weighted by molar-refractivity contribution is 5.69. The second kappa shape index (κ2) is 7.88. The number of ether oxygens (including phenoxy) is 1. The smallest absolute Gasteiger partial charge is 0.305 e. The van der Waals surface area contributed by atoms with E-state index in [1.54, 1.807) is 0 Å². The van der Waals surface area contributed by atoms with Crippen molar-refractivity contribution in [2.45, 2.75) is 45.6 Å². The van der Waals surface area contributed by atoms with Gasteiger partial charge in [-0.05, 0) is 37.3 Å². The minimum Gasteiger partial charge on any atom is -0.466 e. The SMILES string of the molecule is CCOC(=O)CCC(N)Cc1ccccc1CC. The van der Waals surface area contributed by atoms with Gasteiger partial charge in [-0.2, -0.15) is 0 Å². The van der Waals surface area contributed by atoms with Crippen molar-refractivity contribution in [3.05, 3.63) is 35.4 Å². The van der Waals surface area contributed by atoms with E-state index < -0.39 is 0 Å². The normalized spacial score (nSPS) is 12.2. The predicted molar refractivity (Wildman–Crippen MR) is 73.4 cm³/mol. The lowest BCUT2D eigenvalue weighted by atomic mass is 9.97. The van der Waals surface area contributed by atoms with Crippen molar-refractivity contribution in [3.8, 4) is 0 Å². The van der Waals surface area contributed by atoms with Crippen LogP contribution in [0.25, 0.3) is 0 Å². The Balaban J connectivity index is 2.44. The summed E-state index contributed by atoms with van der Waals surface area (Å²) < 4.78 is 4.89. The summed E-state index contributed by atoms with van der Waals surface area (Å²) in [7, 11) is 0. The highest BCUT2D eigenvalue weighted by Crippen LogP contribution is 2.13. The maximum absolute atomic E-state index is 11.2. The van der Waals surface area contributed by atoms with E-state index in [0.29, 0.717) is 19.4 Å². The molecule has 0 aliphatic heterocycles. The summed E-state index contributed by atoms with van der Waals surface area (Å²) in [6, 6.07) is 8.34. The van der Waals surface area contributed by atoms with Gasteiger partial charge in [-0.15, -0.1) is 0 Å². The monoisotopic (exact) mass is 249 g/mol. The third-order valence-corrected chi connectivity index (χ3v) is 3.01. The molecule has 18 heavy (non-hydrogen) atoms. The second-order valence-corrected chi connectivity index (χ2v) is 4.43. The van der Waals surface area contributed by atoms with Gasteiger partial charge in [-0.3, -0.25) is 4.79 Å². The van der Waals surface area contributed by atoms with Crippen LogP contribution in [0, 0.1) is 0 Å². The summed E-state index contributed by atoms with van der Waals surface area (Å²) >= 11 is 0. The van der Waals surface area contributed by atoms with Gasteiger partial charge in [0.05, 0.1) is 6.61 Å². The van der Waals surface area contributed by atoms with Crippen LogP contribution in [-0.4, -0.2) is 18.6 Å². The molecule has 0 aromatic heterocycles. The van der Waals surface area contributed by atoms with Crippen LogP contribution in [0.2, 0.25) is 0 Å². The Morgan fingerprint density at radius 2 is 1.94 bits per heavy atom. The highest BCUT2D eigenvalue weighted by Gasteiger charge is 2.10. The lowest BCUT2D eigenvalue weighted by Gasteiger charge is -2.13. The van der Waals surface area contributed by atoms with Crippen LogP contribution in [0.3, 0.4) is 0 Å². The molecule has 0 saturated carbocycles. The summed E-state index contributed by atoms with van der Waals surface area (Å²) in [6.07, 6.45) is 2.92. The van der Waals surface area contributed by atoms with Crippen LogP contribution in [0.1, 0.15) is 37.8 Å². The van der Waals surface area contributed by atoms with Crippen molar-refractivity contribution in [1.82, 2.24) is 0 Å². The first kappa shape index (κ1) is 14.7. The zero-order valence-corrected chi connectivity index (χ0v) is 11.3. The molecular weight excluding hydrogens is 226 g/mol. The number of carbonyl (C=O) groups excluding carboxylic acids is 1. The average Bonchev–Trinajstić information content (AvgIpc) is 2.37. The molecule has 100 valence electrons.